The number of rotatable bonds is 8. The van der Waals surface area contributed by atoms with Gasteiger partial charge in [-0.15, -0.1) is 0 Å². The summed E-state index contributed by atoms with van der Waals surface area (Å²) in [6, 6.07) is 8.25. The smallest absolute Gasteiger partial charge is 0.175 e. The van der Waals surface area contributed by atoms with Crippen molar-refractivity contribution in [2.45, 2.75) is 65.3 Å². The lowest BCUT2D eigenvalue weighted by Crippen LogP contribution is -2.45. The van der Waals surface area contributed by atoms with Crippen LogP contribution in [0.25, 0.3) is 0 Å². The highest BCUT2D eigenvalue weighted by molar-refractivity contribution is 6.31. The molecule has 1 saturated carbocycles. The molecule has 0 spiro atoms. The van der Waals surface area contributed by atoms with Crippen LogP contribution in [0, 0.1) is 0 Å². The molecule has 3 aliphatic rings. The molecule has 0 N–H and O–H groups in total. The van der Waals surface area contributed by atoms with Gasteiger partial charge in [0.15, 0.2) is 5.78 Å². The Morgan fingerprint density at radius 3 is 2.50 bits per heavy atom. The summed E-state index contributed by atoms with van der Waals surface area (Å²) >= 11 is 5.82. The van der Waals surface area contributed by atoms with Gasteiger partial charge >= 0.3 is 0 Å². The fourth-order valence-corrected chi connectivity index (χ4v) is 5.21. The van der Waals surface area contributed by atoms with Gasteiger partial charge in [0, 0.05) is 43.0 Å². The first kappa shape index (κ1) is 30.2. The van der Waals surface area contributed by atoms with Gasteiger partial charge < -0.3 is 14.5 Å². The van der Waals surface area contributed by atoms with E-state index in [1.54, 1.807) is 12.5 Å². The van der Waals surface area contributed by atoms with Gasteiger partial charge in [-0.2, -0.15) is 0 Å². The molecule has 2 aliphatic heterocycles. The van der Waals surface area contributed by atoms with Gasteiger partial charge in [-0.25, -0.2) is 0 Å². The lowest BCUT2D eigenvalue weighted by molar-refractivity contribution is -0.115. The minimum atomic E-state index is 0.130. The summed E-state index contributed by atoms with van der Waals surface area (Å²) in [6.07, 6.45) is 13.3. The molecule has 3 fully saturated rings. The third kappa shape index (κ3) is 8.33. The highest BCUT2D eigenvalue weighted by Gasteiger charge is 2.27. The van der Waals surface area contributed by atoms with Crippen molar-refractivity contribution in [3.8, 4) is 0 Å². The summed E-state index contributed by atoms with van der Waals surface area (Å²) in [5.74, 6) is 0.130. The SMILES string of the molecule is C=C1CN(C(/C=C/C2COCCN2C)=C2CCC2)CCN1/C(=C\CCC)C(C)=O.CCc1ccccc1Cl. The number of benzene rings is 1. The van der Waals surface area contributed by atoms with Crippen molar-refractivity contribution in [2.24, 2.45) is 0 Å². The number of hydrogen-bond donors (Lipinski definition) is 0. The monoisotopic (exact) mass is 539 g/mol. The Labute approximate surface area is 235 Å². The molecule has 38 heavy (non-hydrogen) atoms. The number of carbonyl (C=O) groups is 1. The summed E-state index contributed by atoms with van der Waals surface area (Å²) in [5, 5.41) is 0.875. The van der Waals surface area contributed by atoms with Crippen LogP contribution in [-0.4, -0.2) is 73.0 Å². The third-order valence-corrected chi connectivity index (χ3v) is 7.91. The van der Waals surface area contributed by atoms with Crippen molar-refractivity contribution in [1.82, 2.24) is 14.7 Å². The van der Waals surface area contributed by atoms with Crippen molar-refractivity contribution in [1.29, 1.82) is 0 Å². The highest BCUT2D eigenvalue weighted by Crippen LogP contribution is 2.33. The van der Waals surface area contributed by atoms with E-state index >= 15 is 0 Å². The molecule has 1 aromatic carbocycles. The molecule has 2 heterocycles. The number of ether oxygens (including phenoxy) is 1. The zero-order valence-electron chi connectivity index (χ0n) is 23.8. The van der Waals surface area contributed by atoms with E-state index in [0.29, 0.717) is 6.04 Å². The van der Waals surface area contributed by atoms with E-state index in [2.05, 4.69) is 60.4 Å². The van der Waals surface area contributed by atoms with Crippen LogP contribution in [0.2, 0.25) is 5.02 Å². The molecule has 1 aromatic rings. The van der Waals surface area contributed by atoms with E-state index in [-0.39, 0.29) is 5.78 Å². The second kappa shape index (κ2) is 15.3. The Bertz CT molecular complexity index is 1040. The maximum Gasteiger partial charge on any atom is 0.175 e. The van der Waals surface area contributed by atoms with Crippen molar-refractivity contribution < 1.29 is 9.53 Å². The summed E-state index contributed by atoms with van der Waals surface area (Å²) < 4.78 is 5.66. The number of Topliss-reactive ketones (excluding diaryl/α,β-unsaturated/α-hetero) is 1. The lowest BCUT2D eigenvalue weighted by atomic mass is 9.89. The van der Waals surface area contributed by atoms with Crippen LogP contribution in [0.1, 0.15) is 58.4 Å². The molecule has 6 heteroatoms. The molecule has 0 radical (unpaired) electrons. The number of hydrogen-bond acceptors (Lipinski definition) is 5. The van der Waals surface area contributed by atoms with Gasteiger partial charge in [-0.05, 0) is 62.4 Å². The van der Waals surface area contributed by atoms with E-state index in [9.17, 15) is 4.79 Å². The minimum absolute atomic E-state index is 0.130. The van der Waals surface area contributed by atoms with Crippen molar-refractivity contribution in [3.05, 3.63) is 82.3 Å². The van der Waals surface area contributed by atoms with Gasteiger partial charge in [-0.3, -0.25) is 9.69 Å². The predicted molar refractivity (Wildman–Crippen MR) is 159 cm³/mol. The second-order valence-corrected chi connectivity index (χ2v) is 10.8. The molecule has 1 aliphatic carbocycles. The first-order chi connectivity index (χ1) is 18.3. The van der Waals surface area contributed by atoms with E-state index in [4.69, 9.17) is 16.3 Å². The maximum atomic E-state index is 12.2. The van der Waals surface area contributed by atoms with Gasteiger partial charge in [0.05, 0.1) is 31.5 Å². The van der Waals surface area contributed by atoms with E-state index in [0.717, 1.165) is 75.1 Å². The molecular weight excluding hydrogens is 494 g/mol. The number of morpholine rings is 1. The molecular formula is C32H46ClN3O2. The number of allylic oxidation sites excluding steroid dienone is 4. The lowest BCUT2D eigenvalue weighted by Gasteiger charge is -2.41. The summed E-state index contributed by atoms with van der Waals surface area (Å²) in [6.45, 7) is 15.3. The van der Waals surface area contributed by atoms with Gasteiger partial charge in [0.2, 0.25) is 0 Å². The Kier molecular flexibility index (Phi) is 12.2. The summed E-state index contributed by atoms with van der Waals surface area (Å²) in [7, 11) is 2.17. The fraction of sp³-hybridized carbons (Fsp3) is 0.531. The quantitative estimate of drug-likeness (QED) is 0.347. The molecule has 1 unspecified atom stereocenters. The molecule has 0 amide bonds. The summed E-state index contributed by atoms with van der Waals surface area (Å²) in [5.41, 5.74) is 5.95. The molecule has 0 aromatic heterocycles. The number of ketones is 1. The average molecular weight is 540 g/mol. The number of halogens is 1. The Balaban J connectivity index is 0.000000375. The predicted octanol–water partition coefficient (Wildman–Crippen LogP) is 6.62. The van der Waals surface area contributed by atoms with Crippen LogP contribution >= 0.6 is 11.6 Å². The van der Waals surface area contributed by atoms with E-state index in [1.807, 2.05) is 24.3 Å². The molecule has 208 valence electrons. The first-order valence-corrected chi connectivity index (χ1v) is 14.6. The van der Waals surface area contributed by atoms with Crippen molar-refractivity contribution in [2.75, 3.05) is 46.4 Å². The zero-order chi connectivity index (χ0) is 27.5. The zero-order valence-corrected chi connectivity index (χ0v) is 24.6. The van der Waals surface area contributed by atoms with Crippen LogP contribution in [0.4, 0.5) is 0 Å². The van der Waals surface area contributed by atoms with Crippen LogP contribution in [0.5, 0.6) is 0 Å². The second-order valence-electron chi connectivity index (χ2n) is 10.3. The van der Waals surface area contributed by atoms with Gasteiger partial charge in [0.25, 0.3) is 0 Å². The number of unbranched alkanes of at least 4 members (excludes halogenated alkanes) is 1. The molecule has 5 nitrogen and oxygen atoms in total. The van der Waals surface area contributed by atoms with Crippen LogP contribution in [-0.2, 0) is 16.0 Å². The summed E-state index contributed by atoms with van der Waals surface area (Å²) in [4.78, 5) is 19.1. The number of carbonyl (C=O) groups excluding carboxylic acids is 1. The number of piperazine rings is 1. The largest absolute Gasteiger partial charge is 0.378 e. The first-order valence-electron chi connectivity index (χ1n) is 14.2. The third-order valence-electron chi connectivity index (χ3n) is 7.54. The van der Waals surface area contributed by atoms with Crippen LogP contribution < -0.4 is 0 Å². The Morgan fingerprint density at radius 2 is 1.95 bits per heavy atom. The number of aryl methyl sites for hydroxylation is 1. The standard InChI is InChI=1S/C24H37N3O2.C8H9Cl/c1-5-6-10-23(20(3)28)27-14-13-26(17-19(27)2)24(21-8-7-9-21)12-11-22-18-29-16-15-25(22)4;1-2-7-5-3-4-6-8(7)9/h10-12,22H,2,5-9,13-18H2,1,3-4H3;3-6H,2H2,1H3/b12-11+,23-10-;. The number of likely N-dealkylation sites (N-methyl/N-ethyl adjacent to an activating group) is 1. The molecule has 2 saturated heterocycles. The average Bonchev–Trinajstić information content (AvgIpc) is 2.87. The number of nitrogens with zero attached hydrogens (tertiary/aromatic N) is 3. The van der Waals surface area contributed by atoms with E-state index < -0.39 is 0 Å². The van der Waals surface area contributed by atoms with E-state index in [1.165, 1.54) is 30.5 Å². The maximum absolute atomic E-state index is 12.2. The van der Waals surface area contributed by atoms with Crippen molar-refractivity contribution >= 4 is 17.4 Å². The van der Waals surface area contributed by atoms with Crippen LogP contribution in [0.15, 0.2) is 71.7 Å². The molecule has 1 atom stereocenters. The van der Waals surface area contributed by atoms with Crippen LogP contribution in [0.3, 0.4) is 0 Å². The topological polar surface area (TPSA) is 36.0 Å². The van der Waals surface area contributed by atoms with Gasteiger partial charge in [0.1, 0.15) is 0 Å². The Morgan fingerprint density at radius 1 is 1.18 bits per heavy atom. The molecule has 0 bridgehead atoms. The minimum Gasteiger partial charge on any atom is -0.378 e. The normalized spacial score (nSPS) is 20.8. The van der Waals surface area contributed by atoms with Crippen molar-refractivity contribution in [3.63, 3.8) is 0 Å². The fourth-order valence-electron chi connectivity index (χ4n) is 4.94. The highest BCUT2D eigenvalue weighted by atomic mass is 35.5. The van der Waals surface area contributed by atoms with Gasteiger partial charge in [-0.1, -0.05) is 68.8 Å². The molecule has 4 rings (SSSR count). The Hall–Kier alpha value is -2.34.